The predicted octanol–water partition coefficient (Wildman–Crippen LogP) is 1.91. The highest BCUT2D eigenvalue weighted by atomic mass is 35.5. The van der Waals surface area contributed by atoms with Gasteiger partial charge in [0.25, 0.3) is 0 Å². The van der Waals surface area contributed by atoms with Crippen molar-refractivity contribution < 1.29 is 13.2 Å². The molecule has 160 valence electrons. The van der Waals surface area contributed by atoms with Gasteiger partial charge in [0.05, 0.1) is 0 Å². The SMILES string of the molecule is CC1CCN(C(=O)C2CCN(S(=O)(=O)c3cccnc3)CC2)C(CN)C1.Cl.Cl. The molecule has 3 rings (SSSR count). The number of nitrogens with zero attached hydrogens (tertiary/aromatic N) is 3. The Labute approximate surface area is 179 Å². The van der Waals surface area contributed by atoms with Gasteiger partial charge in [-0.05, 0) is 43.7 Å². The van der Waals surface area contributed by atoms with E-state index in [1.165, 1.54) is 10.5 Å². The normalized spacial score (nSPS) is 24.1. The van der Waals surface area contributed by atoms with E-state index in [0.29, 0.717) is 38.4 Å². The fraction of sp³-hybridized carbons (Fsp3) is 0.667. The summed E-state index contributed by atoms with van der Waals surface area (Å²) in [6.45, 7) is 4.18. The summed E-state index contributed by atoms with van der Waals surface area (Å²) >= 11 is 0. The number of likely N-dealkylation sites (tertiary alicyclic amines) is 1. The van der Waals surface area contributed by atoms with Crippen molar-refractivity contribution in [1.29, 1.82) is 0 Å². The van der Waals surface area contributed by atoms with Crippen LogP contribution in [0.15, 0.2) is 29.4 Å². The average molecular weight is 453 g/mol. The Morgan fingerprint density at radius 2 is 1.89 bits per heavy atom. The Morgan fingerprint density at radius 3 is 2.46 bits per heavy atom. The molecule has 28 heavy (non-hydrogen) atoms. The number of aromatic nitrogens is 1. The van der Waals surface area contributed by atoms with E-state index in [4.69, 9.17) is 5.73 Å². The molecule has 1 amide bonds. The first kappa shape index (κ1) is 25.1. The molecule has 2 saturated heterocycles. The van der Waals surface area contributed by atoms with Gasteiger partial charge < -0.3 is 10.6 Å². The molecule has 0 saturated carbocycles. The van der Waals surface area contributed by atoms with Crippen molar-refractivity contribution >= 4 is 40.7 Å². The number of amides is 1. The number of pyridine rings is 1. The molecule has 2 N–H and O–H groups in total. The molecule has 1 aromatic rings. The maximum atomic E-state index is 12.9. The van der Waals surface area contributed by atoms with Gasteiger partial charge >= 0.3 is 0 Å². The fourth-order valence-corrected chi connectivity index (χ4v) is 5.43. The quantitative estimate of drug-likeness (QED) is 0.752. The minimum Gasteiger partial charge on any atom is -0.338 e. The number of piperidine rings is 2. The van der Waals surface area contributed by atoms with E-state index in [1.54, 1.807) is 18.3 Å². The van der Waals surface area contributed by atoms with E-state index < -0.39 is 10.0 Å². The van der Waals surface area contributed by atoms with Gasteiger partial charge in [-0.25, -0.2) is 8.42 Å². The zero-order chi connectivity index (χ0) is 18.7. The second-order valence-corrected chi connectivity index (χ2v) is 9.36. The maximum absolute atomic E-state index is 12.9. The van der Waals surface area contributed by atoms with Crippen LogP contribution in [0.1, 0.15) is 32.6 Å². The predicted molar refractivity (Wildman–Crippen MR) is 113 cm³/mol. The first-order valence-corrected chi connectivity index (χ1v) is 10.8. The van der Waals surface area contributed by atoms with Crippen LogP contribution in [0, 0.1) is 11.8 Å². The summed E-state index contributed by atoms with van der Waals surface area (Å²) in [6, 6.07) is 3.29. The number of nitrogens with two attached hydrogens (primary N) is 1. The topological polar surface area (TPSA) is 96.6 Å². The molecule has 2 aliphatic heterocycles. The number of halogens is 2. The summed E-state index contributed by atoms with van der Waals surface area (Å²) in [4.78, 5) is 19.0. The Balaban J connectivity index is 0.00000196. The molecule has 0 radical (unpaired) electrons. The lowest BCUT2D eigenvalue weighted by atomic mass is 9.89. The molecule has 0 aliphatic carbocycles. The van der Waals surface area contributed by atoms with Gasteiger partial charge in [-0.1, -0.05) is 6.92 Å². The monoisotopic (exact) mass is 452 g/mol. The molecule has 0 aromatic carbocycles. The molecule has 2 fully saturated rings. The minimum atomic E-state index is -3.53. The molecular weight excluding hydrogens is 423 g/mol. The number of hydrogen-bond donors (Lipinski definition) is 1. The third-order valence-corrected chi connectivity index (χ3v) is 7.49. The van der Waals surface area contributed by atoms with Crippen LogP contribution in [0.2, 0.25) is 0 Å². The highest BCUT2D eigenvalue weighted by Gasteiger charge is 2.37. The van der Waals surface area contributed by atoms with Gasteiger partial charge in [-0.2, -0.15) is 4.31 Å². The number of sulfonamides is 1. The van der Waals surface area contributed by atoms with Crippen molar-refractivity contribution in [3.05, 3.63) is 24.5 Å². The Kier molecular flexibility index (Phi) is 9.62. The van der Waals surface area contributed by atoms with Crippen LogP contribution in [0.25, 0.3) is 0 Å². The van der Waals surface area contributed by atoms with E-state index in [2.05, 4.69) is 11.9 Å². The summed E-state index contributed by atoms with van der Waals surface area (Å²) in [6.07, 6.45) is 6.00. The summed E-state index contributed by atoms with van der Waals surface area (Å²) in [5.41, 5.74) is 5.88. The van der Waals surface area contributed by atoms with Crippen LogP contribution < -0.4 is 5.73 Å². The first-order chi connectivity index (χ1) is 12.4. The van der Waals surface area contributed by atoms with Crippen molar-refractivity contribution in [3.63, 3.8) is 0 Å². The maximum Gasteiger partial charge on any atom is 0.244 e. The molecule has 7 nitrogen and oxygen atoms in total. The first-order valence-electron chi connectivity index (χ1n) is 9.34. The van der Waals surface area contributed by atoms with Crippen molar-refractivity contribution in [2.75, 3.05) is 26.2 Å². The van der Waals surface area contributed by atoms with E-state index in [-0.39, 0.29) is 47.6 Å². The zero-order valence-corrected chi connectivity index (χ0v) is 18.5. The highest BCUT2D eigenvalue weighted by Crippen LogP contribution is 2.28. The van der Waals surface area contributed by atoms with Gasteiger partial charge in [-0.15, -0.1) is 24.8 Å². The summed E-state index contributed by atoms with van der Waals surface area (Å²) in [5, 5.41) is 0. The Morgan fingerprint density at radius 1 is 1.21 bits per heavy atom. The van der Waals surface area contributed by atoms with E-state index >= 15 is 0 Å². The van der Waals surface area contributed by atoms with Crippen LogP contribution in [0.3, 0.4) is 0 Å². The van der Waals surface area contributed by atoms with Gasteiger partial charge in [0, 0.05) is 50.5 Å². The molecule has 2 aliphatic rings. The second kappa shape index (κ2) is 10.7. The van der Waals surface area contributed by atoms with Gasteiger partial charge in [0.2, 0.25) is 15.9 Å². The molecule has 2 unspecified atom stereocenters. The van der Waals surface area contributed by atoms with Gasteiger partial charge in [0.15, 0.2) is 0 Å². The van der Waals surface area contributed by atoms with Crippen LogP contribution in [0.4, 0.5) is 0 Å². The largest absolute Gasteiger partial charge is 0.338 e. The van der Waals surface area contributed by atoms with Gasteiger partial charge in [-0.3, -0.25) is 9.78 Å². The fourth-order valence-electron chi connectivity index (χ4n) is 3.99. The zero-order valence-electron chi connectivity index (χ0n) is 16.1. The van der Waals surface area contributed by atoms with Crippen LogP contribution in [-0.4, -0.2) is 60.7 Å². The van der Waals surface area contributed by atoms with Crippen LogP contribution >= 0.6 is 24.8 Å². The molecular formula is C18H30Cl2N4O3S. The highest BCUT2D eigenvalue weighted by molar-refractivity contribution is 7.89. The minimum absolute atomic E-state index is 0. The molecule has 2 atom stereocenters. The van der Waals surface area contributed by atoms with Crippen LogP contribution in [0.5, 0.6) is 0 Å². The lowest BCUT2D eigenvalue weighted by Crippen LogP contribution is -2.52. The Hall–Kier alpha value is -0.930. The third-order valence-electron chi connectivity index (χ3n) is 5.61. The van der Waals surface area contributed by atoms with Crippen molar-refractivity contribution in [1.82, 2.24) is 14.2 Å². The second-order valence-electron chi connectivity index (χ2n) is 7.42. The Bertz CT molecular complexity index is 728. The van der Waals surface area contributed by atoms with E-state index in [1.807, 2.05) is 4.90 Å². The van der Waals surface area contributed by atoms with Crippen LogP contribution in [-0.2, 0) is 14.8 Å². The standard InChI is InChI=1S/C18H28N4O3S.2ClH/c1-14-4-10-22(16(11-14)12-19)18(23)15-5-8-21(9-6-15)26(24,25)17-3-2-7-20-13-17;;/h2-3,7,13-16H,4-6,8-12,19H2,1H3;2*1H. The molecule has 0 spiro atoms. The molecule has 3 heterocycles. The lowest BCUT2D eigenvalue weighted by molar-refractivity contribution is -0.141. The number of rotatable bonds is 4. The van der Waals surface area contributed by atoms with Gasteiger partial charge in [0.1, 0.15) is 4.90 Å². The molecule has 10 heteroatoms. The lowest BCUT2D eigenvalue weighted by Gasteiger charge is -2.41. The summed E-state index contributed by atoms with van der Waals surface area (Å²) in [7, 11) is -3.53. The van der Waals surface area contributed by atoms with E-state index in [9.17, 15) is 13.2 Å². The van der Waals surface area contributed by atoms with E-state index in [0.717, 1.165) is 19.4 Å². The average Bonchev–Trinajstić information content (AvgIpc) is 2.68. The third kappa shape index (κ3) is 5.36. The van der Waals surface area contributed by atoms with Crippen molar-refractivity contribution in [2.45, 2.75) is 43.5 Å². The number of hydrogen-bond acceptors (Lipinski definition) is 5. The number of carbonyl (C=O) groups excluding carboxylic acids is 1. The number of carbonyl (C=O) groups is 1. The summed E-state index contributed by atoms with van der Waals surface area (Å²) < 4.78 is 26.8. The summed E-state index contributed by atoms with van der Waals surface area (Å²) in [5.74, 6) is 0.627. The van der Waals surface area contributed by atoms with Crippen molar-refractivity contribution in [3.8, 4) is 0 Å². The van der Waals surface area contributed by atoms with Crippen molar-refractivity contribution in [2.24, 2.45) is 17.6 Å². The smallest absolute Gasteiger partial charge is 0.244 e. The molecule has 1 aromatic heterocycles. The molecule has 0 bridgehead atoms.